The summed E-state index contributed by atoms with van der Waals surface area (Å²) >= 11 is 0. The Labute approximate surface area is 355 Å². The smallest absolute Gasteiger partial charge is 0.313 e. The van der Waals surface area contributed by atoms with Gasteiger partial charge in [-0.25, -0.2) is 0 Å². The Balaban J connectivity index is 1.98. The van der Waals surface area contributed by atoms with Crippen molar-refractivity contribution in [3.8, 4) is 0 Å². The molecule has 3 rings (SSSR count). The molecule has 0 saturated carbocycles. The fourth-order valence-corrected chi connectivity index (χ4v) is 9.44. The van der Waals surface area contributed by atoms with Crippen LogP contribution in [0.15, 0.2) is 42.5 Å². The van der Waals surface area contributed by atoms with Crippen LogP contribution in [0, 0.1) is 41.5 Å². The lowest BCUT2D eigenvalue weighted by Crippen LogP contribution is -2.40. The highest BCUT2D eigenvalue weighted by Crippen LogP contribution is 2.53. The van der Waals surface area contributed by atoms with Gasteiger partial charge in [0.1, 0.15) is 0 Å². The van der Waals surface area contributed by atoms with E-state index in [4.69, 9.17) is 0 Å². The number of nitrogens with zero attached hydrogens (tertiary/aromatic N) is 4. The molecule has 0 aromatic heterocycles. The number of benzene rings is 3. The molecule has 15 nitrogen and oxygen atoms in total. The largest absolute Gasteiger partial charge is 0.347 e. The van der Waals surface area contributed by atoms with Crippen LogP contribution in [0.4, 0.5) is 11.4 Å². The molecule has 4 amide bonds. The van der Waals surface area contributed by atoms with E-state index in [-0.39, 0.29) is 52.0 Å². The van der Waals surface area contributed by atoms with Gasteiger partial charge in [0.15, 0.2) is 0 Å². The van der Waals surface area contributed by atoms with E-state index in [0.717, 1.165) is 26.2 Å². The number of hydrogen-bond acceptors (Lipinski definition) is 11. The number of aryl methyl sites for hydroxylation is 4. The fraction of sp³-hybridized carbons (Fsp3) is 0.455. The summed E-state index contributed by atoms with van der Waals surface area (Å²) in [5.41, 5.74) is 0.844. The second kappa shape index (κ2) is 22.0. The molecular formula is C44H63N8O7P. The summed E-state index contributed by atoms with van der Waals surface area (Å²) < 4.78 is 15.6. The molecule has 16 heteroatoms. The highest BCUT2D eigenvalue weighted by molar-refractivity contribution is 8.01. The molecule has 0 heterocycles. The van der Waals surface area contributed by atoms with E-state index >= 15 is 4.57 Å². The average molecular weight is 847 g/mol. The Morgan fingerprint density at radius 3 is 1.22 bits per heavy atom. The van der Waals surface area contributed by atoms with Gasteiger partial charge in [-0.3, -0.25) is 28.8 Å². The molecule has 0 aliphatic carbocycles. The van der Waals surface area contributed by atoms with Crippen LogP contribution in [0.2, 0.25) is 0 Å². The maximum atomic E-state index is 15.6. The van der Waals surface area contributed by atoms with Crippen LogP contribution in [0.25, 0.3) is 0 Å². The second-order valence-corrected chi connectivity index (χ2v) is 18.5. The zero-order chi connectivity index (χ0) is 45.1. The van der Waals surface area contributed by atoms with Gasteiger partial charge >= 0.3 is 23.6 Å². The van der Waals surface area contributed by atoms with Crippen molar-refractivity contribution in [1.82, 2.24) is 30.2 Å². The Kier molecular flexibility index (Phi) is 18.1. The first kappa shape index (κ1) is 49.3. The predicted octanol–water partition coefficient (Wildman–Crippen LogP) is 3.30. The number of carbonyl (C=O) groups excluding carboxylic acids is 6. The summed E-state index contributed by atoms with van der Waals surface area (Å²) in [4.78, 5) is 90.1. The average Bonchev–Trinajstić information content (AvgIpc) is 3.18. The van der Waals surface area contributed by atoms with E-state index in [0.29, 0.717) is 35.3 Å². The maximum absolute atomic E-state index is 15.6. The van der Waals surface area contributed by atoms with Crippen molar-refractivity contribution in [3.63, 3.8) is 0 Å². The van der Waals surface area contributed by atoms with Gasteiger partial charge in [0, 0.05) is 80.2 Å². The normalized spacial score (nSPS) is 11.6. The minimum absolute atomic E-state index is 0.000207. The van der Waals surface area contributed by atoms with Crippen LogP contribution in [-0.2, 0) is 23.7 Å². The van der Waals surface area contributed by atoms with E-state index in [1.165, 1.54) is 12.1 Å². The molecule has 0 fully saturated rings. The van der Waals surface area contributed by atoms with E-state index in [1.807, 2.05) is 61.9 Å². The number of rotatable bonds is 19. The summed E-state index contributed by atoms with van der Waals surface area (Å²) in [7, 11) is 6.98. The quantitative estimate of drug-likeness (QED) is 0.103. The third-order valence-corrected chi connectivity index (χ3v) is 13.0. The molecule has 0 spiro atoms. The number of likely N-dealkylation sites (N-methyl/N-ethyl adjacent to an activating group) is 4. The first-order valence-electron chi connectivity index (χ1n) is 19.9. The van der Waals surface area contributed by atoms with Crippen molar-refractivity contribution < 1.29 is 33.3 Å². The summed E-state index contributed by atoms with van der Waals surface area (Å²) in [5, 5.41) is 10.5. The van der Waals surface area contributed by atoms with Gasteiger partial charge < -0.3 is 45.4 Å². The summed E-state index contributed by atoms with van der Waals surface area (Å²) in [6, 6.07) is 11.0. The number of carbonyl (C=O) groups is 6. The summed E-state index contributed by atoms with van der Waals surface area (Å²) in [5.74, 6) is -3.60. The van der Waals surface area contributed by atoms with Crippen LogP contribution < -0.4 is 26.6 Å². The van der Waals surface area contributed by atoms with Gasteiger partial charge in [0.2, 0.25) is 18.2 Å². The Bertz CT molecular complexity index is 2010. The molecule has 3 aromatic rings. The minimum atomic E-state index is -4.73. The molecule has 0 atom stereocenters. The standard InChI is InChI=1S/C44H63N8O7P/c1-28-26-30(3)37(47-41(55)39(53)45-18-20-51(11)24-22-49(7)8)32(5)35(28)43(57)60(59,34-16-14-13-15-17-34)44(58)36-29(2)27-31(4)38(33(36)6)48-42(56)40(54)46-19-21-52(12)25-23-50(9)10/h13-17,26-27H,18-25H2,1-12H3,(H,45,53)(H,46,54)(H,47,55)(H,48,56). The van der Waals surface area contributed by atoms with Crippen molar-refractivity contribution in [2.24, 2.45) is 0 Å². The van der Waals surface area contributed by atoms with Crippen molar-refractivity contribution in [3.05, 3.63) is 87.0 Å². The van der Waals surface area contributed by atoms with Crippen molar-refractivity contribution in [1.29, 1.82) is 0 Å². The Morgan fingerprint density at radius 1 is 0.500 bits per heavy atom. The van der Waals surface area contributed by atoms with Gasteiger partial charge in [-0.2, -0.15) is 0 Å². The third-order valence-electron chi connectivity index (χ3n) is 10.4. The van der Waals surface area contributed by atoms with Crippen LogP contribution in [0.1, 0.15) is 54.1 Å². The molecule has 0 aliphatic heterocycles. The Morgan fingerprint density at radius 2 is 0.867 bits per heavy atom. The van der Waals surface area contributed by atoms with Crippen molar-refractivity contribution in [2.45, 2.75) is 41.5 Å². The minimum Gasteiger partial charge on any atom is -0.347 e. The highest BCUT2D eigenvalue weighted by atomic mass is 31.2. The van der Waals surface area contributed by atoms with Crippen LogP contribution in [0.3, 0.4) is 0 Å². The predicted molar refractivity (Wildman–Crippen MR) is 239 cm³/mol. The molecule has 0 bridgehead atoms. The Hall–Kier alpha value is -5.05. The number of amides is 4. The summed E-state index contributed by atoms with van der Waals surface area (Å²) in [6.07, 6.45) is 0. The fourth-order valence-electron chi connectivity index (χ4n) is 6.88. The van der Waals surface area contributed by atoms with Gasteiger partial charge in [-0.05, 0) is 117 Å². The highest BCUT2D eigenvalue weighted by Gasteiger charge is 2.45. The van der Waals surface area contributed by atoms with Gasteiger partial charge in [0.05, 0.1) is 0 Å². The number of nitrogens with one attached hydrogen (secondary N) is 4. The number of hydrogen-bond donors (Lipinski definition) is 4. The monoisotopic (exact) mass is 846 g/mol. The topological polar surface area (TPSA) is 181 Å². The SMILES string of the molecule is Cc1cc(C)c(C(=O)P(=O)(C(=O)c2c(C)cc(C)c(NC(=O)C(=O)NCCN(C)CCN(C)C)c2C)c2ccccc2)c(C)c1NC(=O)C(=O)NCCN(C)CCN(C)C. The molecule has 326 valence electrons. The van der Waals surface area contributed by atoms with Crippen LogP contribution >= 0.6 is 7.14 Å². The second-order valence-electron chi connectivity index (χ2n) is 16.0. The van der Waals surface area contributed by atoms with E-state index in [2.05, 4.69) is 21.3 Å². The zero-order valence-corrected chi connectivity index (χ0v) is 38.2. The molecule has 0 unspecified atom stereocenters. The van der Waals surface area contributed by atoms with E-state index in [1.54, 1.807) is 71.9 Å². The molecule has 0 radical (unpaired) electrons. The first-order valence-corrected chi connectivity index (χ1v) is 21.6. The van der Waals surface area contributed by atoms with Crippen LogP contribution in [0.5, 0.6) is 0 Å². The van der Waals surface area contributed by atoms with Gasteiger partial charge in [-0.15, -0.1) is 0 Å². The number of anilines is 2. The van der Waals surface area contributed by atoms with Gasteiger partial charge in [-0.1, -0.05) is 42.5 Å². The molecule has 0 saturated heterocycles. The van der Waals surface area contributed by atoms with Crippen molar-refractivity contribution >= 4 is 58.5 Å². The summed E-state index contributed by atoms with van der Waals surface area (Å²) in [6.45, 7) is 14.6. The lowest BCUT2D eigenvalue weighted by Gasteiger charge is -2.24. The van der Waals surface area contributed by atoms with Gasteiger partial charge in [0.25, 0.3) is 0 Å². The maximum Gasteiger partial charge on any atom is 0.313 e. The van der Waals surface area contributed by atoms with Crippen molar-refractivity contribution in [2.75, 3.05) is 105 Å². The van der Waals surface area contributed by atoms with E-state index < -0.39 is 41.8 Å². The molecule has 0 aliphatic rings. The zero-order valence-electron chi connectivity index (χ0n) is 37.3. The van der Waals surface area contributed by atoms with E-state index in [9.17, 15) is 28.8 Å². The molecule has 3 aromatic carbocycles. The van der Waals surface area contributed by atoms with Crippen LogP contribution in [-0.4, -0.2) is 149 Å². The first-order chi connectivity index (χ1) is 28.1. The molecule has 60 heavy (non-hydrogen) atoms. The lowest BCUT2D eigenvalue weighted by molar-refractivity contribution is -0.136. The molecular weight excluding hydrogens is 784 g/mol. The molecule has 4 N–H and O–H groups in total. The third kappa shape index (κ3) is 12.5. The lowest BCUT2D eigenvalue weighted by atomic mass is 9.97.